The van der Waals surface area contributed by atoms with Crippen molar-refractivity contribution >= 4 is 11.9 Å². The number of carbonyl (C=O) groups is 2. The van der Waals surface area contributed by atoms with Gasteiger partial charge in [0, 0.05) is 25.4 Å². The average Bonchev–Trinajstić information content (AvgIpc) is 2.69. The van der Waals surface area contributed by atoms with Crippen molar-refractivity contribution in [3.63, 3.8) is 0 Å². The maximum Gasteiger partial charge on any atom is 0.326 e. The number of amides is 2. The molecule has 1 aromatic rings. The van der Waals surface area contributed by atoms with Crippen LogP contribution in [0.2, 0.25) is 0 Å². The van der Waals surface area contributed by atoms with Gasteiger partial charge in [0.2, 0.25) is 5.91 Å². The van der Waals surface area contributed by atoms with Crippen LogP contribution in [0, 0.1) is 0 Å². The van der Waals surface area contributed by atoms with Crippen molar-refractivity contribution in [1.29, 1.82) is 0 Å². The Kier molecular flexibility index (Phi) is 4.33. The standard InChI is InChI=1S/C9H14N4O2/c10-8(14)3-1-2-4-12-9(15)13-6-5-11-7-13/h5-7H,1-4H2,(H2,10,14)(H,12,15). The van der Waals surface area contributed by atoms with Crippen molar-refractivity contribution in [3.05, 3.63) is 18.7 Å². The minimum Gasteiger partial charge on any atom is -0.370 e. The second kappa shape index (κ2) is 5.79. The molecule has 0 atom stereocenters. The van der Waals surface area contributed by atoms with E-state index in [1.165, 1.54) is 17.1 Å². The number of hydrogen-bond acceptors (Lipinski definition) is 3. The van der Waals surface area contributed by atoms with Crippen LogP contribution in [0.25, 0.3) is 0 Å². The lowest BCUT2D eigenvalue weighted by atomic mass is 10.2. The molecule has 0 fully saturated rings. The van der Waals surface area contributed by atoms with Crippen LogP contribution < -0.4 is 11.1 Å². The zero-order chi connectivity index (χ0) is 11.1. The predicted molar refractivity (Wildman–Crippen MR) is 54.1 cm³/mol. The Bertz CT molecular complexity index is 321. The number of nitrogens with one attached hydrogen (secondary N) is 1. The molecule has 3 N–H and O–H groups in total. The molecular formula is C9H14N4O2. The minimum atomic E-state index is -0.309. The molecule has 0 saturated carbocycles. The summed E-state index contributed by atoms with van der Waals surface area (Å²) in [7, 11) is 0. The lowest BCUT2D eigenvalue weighted by Gasteiger charge is -2.03. The summed E-state index contributed by atoms with van der Waals surface area (Å²) in [5.41, 5.74) is 4.97. The van der Waals surface area contributed by atoms with Crippen LogP contribution in [0.3, 0.4) is 0 Å². The molecule has 15 heavy (non-hydrogen) atoms. The molecular weight excluding hydrogens is 196 g/mol. The van der Waals surface area contributed by atoms with Crippen molar-refractivity contribution in [1.82, 2.24) is 14.9 Å². The average molecular weight is 210 g/mol. The smallest absolute Gasteiger partial charge is 0.326 e. The van der Waals surface area contributed by atoms with Crippen molar-refractivity contribution in [2.75, 3.05) is 6.54 Å². The van der Waals surface area contributed by atoms with E-state index in [9.17, 15) is 9.59 Å². The van der Waals surface area contributed by atoms with Gasteiger partial charge in [-0.2, -0.15) is 0 Å². The largest absolute Gasteiger partial charge is 0.370 e. The van der Waals surface area contributed by atoms with Gasteiger partial charge in [-0.05, 0) is 12.8 Å². The summed E-state index contributed by atoms with van der Waals surface area (Å²) in [4.78, 5) is 25.5. The number of unbranched alkanes of at least 4 members (excludes halogenated alkanes) is 1. The fourth-order valence-corrected chi connectivity index (χ4v) is 1.09. The number of carbonyl (C=O) groups excluding carboxylic acids is 2. The van der Waals surface area contributed by atoms with Gasteiger partial charge < -0.3 is 11.1 Å². The second-order valence-corrected chi connectivity index (χ2v) is 3.13. The van der Waals surface area contributed by atoms with Crippen LogP contribution in [-0.2, 0) is 4.79 Å². The zero-order valence-corrected chi connectivity index (χ0v) is 8.35. The van der Waals surface area contributed by atoms with E-state index in [4.69, 9.17) is 5.73 Å². The summed E-state index contributed by atoms with van der Waals surface area (Å²) in [6, 6.07) is -0.216. The molecule has 0 aliphatic carbocycles. The Morgan fingerprint density at radius 2 is 2.20 bits per heavy atom. The first-order valence-corrected chi connectivity index (χ1v) is 4.74. The van der Waals surface area contributed by atoms with Crippen LogP contribution in [0.15, 0.2) is 18.7 Å². The van der Waals surface area contributed by atoms with Crippen LogP contribution in [-0.4, -0.2) is 28.0 Å². The van der Waals surface area contributed by atoms with E-state index >= 15 is 0 Å². The van der Waals surface area contributed by atoms with Gasteiger partial charge in [-0.1, -0.05) is 0 Å². The van der Waals surface area contributed by atoms with Gasteiger partial charge in [0.15, 0.2) is 0 Å². The molecule has 0 saturated heterocycles. The van der Waals surface area contributed by atoms with Crippen LogP contribution in [0.1, 0.15) is 19.3 Å². The number of nitrogens with zero attached hydrogens (tertiary/aromatic N) is 2. The third kappa shape index (κ3) is 4.26. The number of imidazole rings is 1. The van der Waals surface area contributed by atoms with Crippen LogP contribution in [0.5, 0.6) is 0 Å². The fraction of sp³-hybridized carbons (Fsp3) is 0.444. The Labute approximate surface area is 87.5 Å². The predicted octanol–water partition coefficient (Wildman–Crippen LogP) is 0.0964. The summed E-state index contributed by atoms with van der Waals surface area (Å²) in [6.07, 6.45) is 6.33. The van der Waals surface area contributed by atoms with Crippen molar-refractivity contribution < 1.29 is 9.59 Å². The molecule has 1 heterocycles. The number of primary amides is 1. The molecule has 0 aliphatic heterocycles. The van der Waals surface area contributed by atoms with Gasteiger partial charge in [0.25, 0.3) is 0 Å². The monoisotopic (exact) mass is 210 g/mol. The Morgan fingerprint density at radius 1 is 1.40 bits per heavy atom. The molecule has 0 aromatic carbocycles. The van der Waals surface area contributed by atoms with E-state index < -0.39 is 0 Å². The Morgan fingerprint density at radius 3 is 2.80 bits per heavy atom. The van der Waals surface area contributed by atoms with E-state index in [0.717, 1.165) is 6.42 Å². The van der Waals surface area contributed by atoms with Gasteiger partial charge in [0.1, 0.15) is 6.33 Å². The van der Waals surface area contributed by atoms with Gasteiger partial charge in [-0.25, -0.2) is 9.78 Å². The van der Waals surface area contributed by atoms with E-state index in [1.807, 2.05) is 0 Å². The van der Waals surface area contributed by atoms with Crippen LogP contribution >= 0.6 is 0 Å². The molecule has 1 rings (SSSR count). The minimum absolute atomic E-state index is 0.216. The summed E-state index contributed by atoms with van der Waals surface area (Å²) in [5.74, 6) is -0.309. The van der Waals surface area contributed by atoms with Crippen molar-refractivity contribution in [2.45, 2.75) is 19.3 Å². The number of hydrogen-bond donors (Lipinski definition) is 2. The van der Waals surface area contributed by atoms with Crippen LogP contribution in [0.4, 0.5) is 4.79 Å². The van der Waals surface area contributed by atoms with E-state index in [1.54, 1.807) is 6.20 Å². The number of rotatable bonds is 5. The van der Waals surface area contributed by atoms with Crippen molar-refractivity contribution in [2.24, 2.45) is 5.73 Å². The lowest BCUT2D eigenvalue weighted by molar-refractivity contribution is -0.118. The molecule has 2 amide bonds. The Hall–Kier alpha value is -1.85. The quantitative estimate of drug-likeness (QED) is 0.675. The van der Waals surface area contributed by atoms with Gasteiger partial charge in [0.05, 0.1) is 0 Å². The maximum absolute atomic E-state index is 11.3. The molecule has 0 aliphatic rings. The van der Waals surface area contributed by atoms with Gasteiger partial charge >= 0.3 is 6.03 Å². The third-order valence-corrected chi connectivity index (χ3v) is 1.87. The number of aromatic nitrogens is 2. The molecule has 0 spiro atoms. The van der Waals surface area contributed by atoms with Crippen molar-refractivity contribution in [3.8, 4) is 0 Å². The first-order valence-electron chi connectivity index (χ1n) is 4.74. The molecule has 1 aromatic heterocycles. The Balaban J connectivity index is 2.10. The summed E-state index contributed by atoms with van der Waals surface area (Å²) in [5, 5.41) is 2.69. The molecule has 82 valence electrons. The maximum atomic E-state index is 11.3. The SMILES string of the molecule is NC(=O)CCCCNC(=O)n1ccnc1. The third-order valence-electron chi connectivity index (χ3n) is 1.87. The highest BCUT2D eigenvalue weighted by molar-refractivity contribution is 5.76. The summed E-state index contributed by atoms with van der Waals surface area (Å²) in [6.45, 7) is 0.532. The van der Waals surface area contributed by atoms with E-state index in [2.05, 4.69) is 10.3 Å². The summed E-state index contributed by atoms with van der Waals surface area (Å²) >= 11 is 0. The van der Waals surface area contributed by atoms with Gasteiger partial charge in [-0.15, -0.1) is 0 Å². The van der Waals surface area contributed by atoms with E-state index in [0.29, 0.717) is 19.4 Å². The normalized spacial score (nSPS) is 9.87. The molecule has 0 bridgehead atoms. The summed E-state index contributed by atoms with van der Waals surface area (Å²) < 4.78 is 1.36. The van der Waals surface area contributed by atoms with E-state index in [-0.39, 0.29) is 11.9 Å². The first kappa shape index (κ1) is 11.2. The highest BCUT2D eigenvalue weighted by Crippen LogP contribution is 1.93. The first-order chi connectivity index (χ1) is 7.20. The molecule has 6 heteroatoms. The molecule has 6 nitrogen and oxygen atoms in total. The second-order valence-electron chi connectivity index (χ2n) is 3.13. The molecule has 0 unspecified atom stereocenters. The topological polar surface area (TPSA) is 90.0 Å². The lowest BCUT2D eigenvalue weighted by Crippen LogP contribution is -2.28. The number of nitrogens with two attached hydrogens (primary N) is 1. The highest BCUT2D eigenvalue weighted by Gasteiger charge is 2.01. The van der Waals surface area contributed by atoms with Gasteiger partial charge in [-0.3, -0.25) is 9.36 Å². The zero-order valence-electron chi connectivity index (χ0n) is 8.35. The highest BCUT2D eigenvalue weighted by atomic mass is 16.2. The molecule has 0 radical (unpaired) electrons. The fourth-order valence-electron chi connectivity index (χ4n) is 1.09.